The van der Waals surface area contributed by atoms with E-state index in [-0.39, 0.29) is 98.4 Å². The average molecular weight is 1380 g/mol. The van der Waals surface area contributed by atoms with E-state index in [1.54, 1.807) is 0 Å². The maximum atomic E-state index is 13.8. The molecule has 16 unspecified atom stereocenters. The van der Waals surface area contributed by atoms with Gasteiger partial charge in [0.2, 0.25) is 47.3 Å². The minimum absolute atomic E-state index is 0.0250. The predicted molar refractivity (Wildman–Crippen MR) is 320 cm³/mol. The van der Waals surface area contributed by atoms with Gasteiger partial charge in [0.1, 0.15) is 85.1 Å². The third kappa shape index (κ3) is 27.9. The minimum atomic E-state index is -3.24. The molecule has 4 rings (SSSR count). The fraction of sp³-hybridized carbons (Fsp3) is 0.852. The molecule has 39 heteroatoms. The topological polar surface area (TPSA) is 539 Å². The van der Waals surface area contributed by atoms with Crippen LogP contribution >= 0.6 is 6.64 Å². The molecule has 536 valence electrons. The third-order valence-electron chi connectivity index (χ3n) is 15.2. The van der Waals surface area contributed by atoms with Gasteiger partial charge in [0.05, 0.1) is 85.4 Å². The van der Waals surface area contributed by atoms with Gasteiger partial charge >= 0.3 is 0 Å². The maximum absolute atomic E-state index is 13.8. The Hall–Kier alpha value is -4.43. The first-order chi connectivity index (χ1) is 44.2. The molecule has 1 aliphatic carbocycles. The second kappa shape index (κ2) is 42.3. The largest absolute Gasteiger partial charge is 0.394 e. The van der Waals surface area contributed by atoms with Crippen LogP contribution in [0.25, 0.3) is 0 Å². The first-order valence-corrected chi connectivity index (χ1v) is 33.3. The van der Waals surface area contributed by atoms with E-state index in [0.29, 0.717) is 25.7 Å². The summed E-state index contributed by atoms with van der Waals surface area (Å²) in [6.45, 7) is -2.90. The van der Waals surface area contributed by atoms with Gasteiger partial charge in [0.15, 0.2) is 18.9 Å². The zero-order valence-electron chi connectivity index (χ0n) is 52.4. The van der Waals surface area contributed by atoms with E-state index in [0.717, 1.165) is 0 Å². The van der Waals surface area contributed by atoms with Crippen LogP contribution < -0.4 is 47.6 Å². The summed E-state index contributed by atoms with van der Waals surface area (Å²) in [6.07, 6.45) is -17.0. The van der Waals surface area contributed by atoms with Crippen molar-refractivity contribution in [1.29, 1.82) is 0 Å². The van der Waals surface area contributed by atoms with E-state index in [9.17, 15) is 89.2 Å². The summed E-state index contributed by atoms with van der Waals surface area (Å²) in [7, 11) is 1.47. The van der Waals surface area contributed by atoms with E-state index < -0.39 is 196 Å². The molecule has 4 aliphatic rings. The molecule has 0 radical (unpaired) electrons. The molecule has 37 nitrogen and oxygen atoms in total. The van der Waals surface area contributed by atoms with Crippen molar-refractivity contribution < 1.29 is 136 Å². The van der Waals surface area contributed by atoms with Crippen molar-refractivity contribution in [3.8, 4) is 0 Å². The second-order valence-electron chi connectivity index (χ2n) is 22.3. The molecule has 18 atom stereocenters. The Balaban J connectivity index is 1.36. The predicted octanol–water partition coefficient (Wildman–Crippen LogP) is -9.19. The average Bonchev–Trinajstić information content (AvgIpc) is 0.867. The number of hydrogen-bond acceptors (Lipinski definition) is 28. The summed E-state index contributed by atoms with van der Waals surface area (Å²) in [6, 6.07) is -6.21. The first-order valence-electron chi connectivity index (χ1n) is 30.6. The van der Waals surface area contributed by atoms with Crippen LogP contribution in [-0.4, -0.2) is 314 Å². The number of nitrogens with one attached hydrogen (secondary N) is 9. The number of ether oxygens (including phenoxy) is 9. The van der Waals surface area contributed by atoms with Gasteiger partial charge in [-0.25, -0.2) is 5.09 Å². The summed E-state index contributed by atoms with van der Waals surface area (Å²) in [4.78, 5) is 114. The molecule has 93 heavy (non-hydrogen) atoms. The summed E-state index contributed by atoms with van der Waals surface area (Å²) in [5.74, 6) is -5.49. The number of aliphatic hydroxyl groups is 9. The lowest BCUT2D eigenvalue weighted by molar-refractivity contribution is -0.272. The Morgan fingerprint density at radius 3 is 1.20 bits per heavy atom. The number of carbonyl (C=O) groups excluding carboxylic acids is 8. The lowest BCUT2D eigenvalue weighted by atomic mass is 9.86. The van der Waals surface area contributed by atoms with Crippen LogP contribution in [0.1, 0.15) is 72.1 Å². The van der Waals surface area contributed by atoms with Crippen LogP contribution in [0.2, 0.25) is 0 Å². The number of aliphatic hydroxyl groups excluding tert-OH is 9. The smallest absolute Gasteiger partial charge is 0.258 e. The lowest BCUT2D eigenvalue weighted by Crippen LogP contribution is -2.64. The summed E-state index contributed by atoms with van der Waals surface area (Å²) >= 11 is 5.08. The van der Waals surface area contributed by atoms with Gasteiger partial charge in [-0.05, 0) is 57.4 Å². The SMILES string of the molecule is CNP(O)(=S)OC1CCC(C(=O)N[C@@H](CCC(=O)N[C@@H](CCC(=O)NCCOCCOC2OC(CO)C(O)C(O)C2NC(C)=O)C(=O)NCCOCCOC2OC(CO)C(O)C(O)C2NC(C)=O)C(=O)NCCOCCOC2OC(CO)C(O)C(O)C2NC(C)=O)CC1. The van der Waals surface area contributed by atoms with Crippen LogP contribution in [-0.2, 0) is 97.3 Å². The molecule has 19 N–H and O–H groups in total. The Kier molecular flexibility index (Phi) is 36.8. The fourth-order valence-electron chi connectivity index (χ4n) is 10.2. The van der Waals surface area contributed by atoms with Gasteiger partial charge in [0.25, 0.3) is 6.64 Å². The maximum Gasteiger partial charge on any atom is 0.258 e. The van der Waals surface area contributed by atoms with Crippen LogP contribution in [0.15, 0.2) is 0 Å². The molecule has 0 aromatic carbocycles. The van der Waals surface area contributed by atoms with Crippen molar-refractivity contribution in [2.45, 2.75) is 182 Å². The van der Waals surface area contributed by atoms with Crippen LogP contribution in [0.4, 0.5) is 0 Å². The molecule has 0 aromatic rings. The highest BCUT2D eigenvalue weighted by atomic mass is 32.5. The van der Waals surface area contributed by atoms with E-state index in [2.05, 4.69) is 47.6 Å². The highest BCUT2D eigenvalue weighted by Crippen LogP contribution is 2.42. The van der Waals surface area contributed by atoms with Crippen molar-refractivity contribution in [3.05, 3.63) is 0 Å². The van der Waals surface area contributed by atoms with Crippen molar-refractivity contribution in [2.24, 2.45) is 5.92 Å². The Morgan fingerprint density at radius 1 is 0.495 bits per heavy atom. The standard InChI is InChI=1S/C54H96N9O28PS/c1-28(67)59-40-46(75)43(72)35(25-64)88-52(40)85-22-19-82-16-13-56-38(70)11-9-33(50(79)57-14-17-83-20-23-86-53-41(60-29(2)68)47(76)44(73)36(26-65)89-53)62-39(71)12-10-34(63-49(78)31-5-7-32(8-6-31)91-92(81,93)55-4)51(80)58-15-18-84-21-24-87-54-42(61-30(3)69)48(77)45(74)37(27-66)90-54/h31-37,40-48,52-54,64-66,72-77H,5-27H2,1-4H3,(H,56,70)(H,57,79)(H,58,80)(H,59,67)(H,60,68)(H,61,69)(H,62,71)(H,63,78)(H2,55,81,93)/t31?,32?,33-,34-,35?,36?,37?,40?,41?,42?,43?,44?,45?,46?,47?,48?,52?,53?,54?,92?/m0/s1. The van der Waals surface area contributed by atoms with E-state index in [1.807, 2.05) is 0 Å². The summed E-state index contributed by atoms with van der Waals surface area (Å²) in [5.41, 5.74) is 0. The molecule has 8 amide bonds. The van der Waals surface area contributed by atoms with Gasteiger partial charge in [0, 0.05) is 59.2 Å². The Morgan fingerprint density at radius 2 is 0.849 bits per heavy atom. The van der Waals surface area contributed by atoms with Gasteiger partial charge in [-0.3, -0.25) is 38.4 Å². The van der Waals surface area contributed by atoms with E-state index in [1.165, 1.54) is 27.8 Å². The third-order valence-corrected chi connectivity index (χ3v) is 17.1. The quantitative estimate of drug-likeness (QED) is 0.0200. The van der Waals surface area contributed by atoms with Crippen molar-refractivity contribution >= 4 is 65.7 Å². The van der Waals surface area contributed by atoms with Crippen molar-refractivity contribution in [3.63, 3.8) is 0 Å². The molecule has 3 saturated heterocycles. The number of hydrogen-bond donors (Lipinski definition) is 19. The molecule has 3 aliphatic heterocycles. The monoisotopic (exact) mass is 1380 g/mol. The van der Waals surface area contributed by atoms with Crippen molar-refractivity contribution in [1.82, 2.24) is 47.6 Å². The zero-order valence-corrected chi connectivity index (χ0v) is 54.1. The Labute approximate surface area is 542 Å². The first kappa shape index (κ1) is 81.0. The van der Waals surface area contributed by atoms with Crippen LogP contribution in [0, 0.1) is 5.92 Å². The highest BCUT2D eigenvalue weighted by Gasteiger charge is 2.48. The molecule has 4 fully saturated rings. The molecule has 3 heterocycles. The van der Waals surface area contributed by atoms with E-state index >= 15 is 0 Å². The van der Waals surface area contributed by atoms with Crippen molar-refractivity contribution in [2.75, 3.05) is 106 Å². The highest BCUT2D eigenvalue weighted by molar-refractivity contribution is 8.08. The normalized spacial score (nSPS) is 30.1. The summed E-state index contributed by atoms with van der Waals surface area (Å²) in [5, 5.41) is 114. The minimum Gasteiger partial charge on any atom is -0.394 e. The van der Waals surface area contributed by atoms with Gasteiger partial charge in [-0.2, -0.15) is 0 Å². The van der Waals surface area contributed by atoms with E-state index in [4.69, 9.17) is 59.0 Å². The number of carbonyl (C=O) groups is 8. The molecule has 1 saturated carbocycles. The summed E-state index contributed by atoms with van der Waals surface area (Å²) < 4.78 is 55.9. The molecule has 0 bridgehead atoms. The number of amides is 8. The van der Waals surface area contributed by atoms with Crippen LogP contribution in [0.5, 0.6) is 0 Å². The number of rotatable bonds is 41. The second-order valence-corrected chi connectivity index (χ2v) is 25.4. The Bertz CT molecular complexity index is 2380. The lowest BCUT2D eigenvalue weighted by Gasteiger charge is -2.42. The molecule has 0 spiro atoms. The van der Waals surface area contributed by atoms with Gasteiger partial charge in [-0.15, -0.1) is 0 Å². The molecular weight excluding hydrogens is 1290 g/mol. The fourth-order valence-corrected chi connectivity index (χ4v) is 11.3. The molecular formula is C54H96N9O28PS. The zero-order chi connectivity index (χ0) is 68.8. The molecule has 0 aromatic heterocycles. The van der Waals surface area contributed by atoms with Gasteiger partial charge < -0.3 is 141 Å². The van der Waals surface area contributed by atoms with Gasteiger partial charge in [-0.1, -0.05) is 0 Å². The van der Waals surface area contributed by atoms with Crippen LogP contribution in [0.3, 0.4) is 0 Å².